The van der Waals surface area contributed by atoms with E-state index in [-0.39, 0.29) is 11.7 Å². The smallest absolute Gasteiger partial charge is 0.316 e. The summed E-state index contributed by atoms with van der Waals surface area (Å²) in [7, 11) is 0. The third-order valence-electron chi connectivity index (χ3n) is 2.34. The molecule has 0 aliphatic heterocycles. The van der Waals surface area contributed by atoms with E-state index in [0.29, 0.717) is 18.3 Å². The van der Waals surface area contributed by atoms with E-state index in [1.54, 1.807) is 11.3 Å². The van der Waals surface area contributed by atoms with Crippen molar-refractivity contribution in [2.75, 3.05) is 12.4 Å². The lowest BCUT2D eigenvalue weighted by Crippen LogP contribution is -2.12. The van der Waals surface area contributed by atoms with Crippen molar-refractivity contribution in [2.24, 2.45) is 5.92 Å². The van der Waals surface area contributed by atoms with E-state index >= 15 is 0 Å². The van der Waals surface area contributed by atoms with Gasteiger partial charge >= 0.3 is 5.97 Å². The fraction of sp³-hybridized carbons (Fsp3) is 0.462. The second-order valence-corrected chi connectivity index (χ2v) is 8.08. The standard InChI is InChI=1S/C13H15BrN2O2S2/c1-7(2)5-18-11(17)6-19-12-9-4-10(14)20-13(9)16-8(3)15-12/h4,7H,5-6H2,1-3H3. The van der Waals surface area contributed by atoms with Crippen LogP contribution in [0.5, 0.6) is 0 Å². The molecule has 0 aliphatic carbocycles. The molecule has 20 heavy (non-hydrogen) atoms. The molecule has 2 heterocycles. The number of aromatic nitrogens is 2. The highest BCUT2D eigenvalue weighted by Crippen LogP contribution is 2.34. The van der Waals surface area contributed by atoms with E-state index in [4.69, 9.17) is 4.74 Å². The van der Waals surface area contributed by atoms with Crippen molar-refractivity contribution in [2.45, 2.75) is 25.8 Å². The maximum absolute atomic E-state index is 11.7. The number of rotatable bonds is 5. The zero-order valence-electron chi connectivity index (χ0n) is 11.5. The lowest BCUT2D eigenvalue weighted by Gasteiger charge is -2.07. The maximum atomic E-state index is 11.7. The molecule has 0 amide bonds. The minimum atomic E-state index is -0.206. The Morgan fingerprint density at radius 2 is 2.25 bits per heavy atom. The molecule has 0 spiro atoms. The highest BCUT2D eigenvalue weighted by Gasteiger charge is 2.12. The van der Waals surface area contributed by atoms with Crippen LogP contribution >= 0.6 is 39.0 Å². The molecule has 0 saturated heterocycles. The highest BCUT2D eigenvalue weighted by atomic mass is 79.9. The predicted octanol–water partition coefficient (Wildman–Crippen LogP) is 4.05. The number of halogens is 1. The van der Waals surface area contributed by atoms with Gasteiger partial charge in [-0.05, 0) is 34.8 Å². The molecule has 0 atom stereocenters. The molecule has 2 aromatic heterocycles. The van der Waals surface area contributed by atoms with Crippen molar-refractivity contribution in [1.82, 2.24) is 9.97 Å². The van der Waals surface area contributed by atoms with Crippen molar-refractivity contribution in [3.63, 3.8) is 0 Å². The Kier molecular flexibility index (Phi) is 5.40. The van der Waals surface area contributed by atoms with Gasteiger partial charge in [-0.3, -0.25) is 4.79 Å². The number of ether oxygens (including phenoxy) is 1. The van der Waals surface area contributed by atoms with Crippen LogP contribution in [-0.2, 0) is 9.53 Å². The molecule has 7 heteroatoms. The molecule has 0 fully saturated rings. The highest BCUT2D eigenvalue weighted by molar-refractivity contribution is 9.11. The summed E-state index contributed by atoms with van der Waals surface area (Å²) in [6, 6.07) is 1.99. The molecule has 0 N–H and O–H groups in total. The molecule has 4 nitrogen and oxygen atoms in total. The maximum Gasteiger partial charge on any atom is 0.316 e. The third-order valence-corrected chi connectivity index (χ3v) is 4.84. The van der Waals surface area contributed by atoms with Crippen LogP contribution in [0.25, 0.3) is 10.2 Å². The molecule has 2 aromatic rings. The fourth-order valence-electron chi connectivity index (χ4n) is 1.51. The van der Waals surface area contributed by atoms with E-state index in [1.165, 1.54) is 11.8 Å². The van der Waals surface area contributed by atoms with Crippen LogP contribution in [0.1, 0.15) is 19.7 Å². The summed E-state index contributed by atoms with van der Waals surface area (Å²) in [4.78, 5) is 21.4. The molecular formula is C13H15BrN2O2S2. The minimum Gasteiger partial charge on any atom is -0.465 e. The topological polar surface area (TPSA) is 52.1 Å². The van der Waals surface area contributed by atoms with Gasteiger partial charge in [0.05, 0.1) is 16.1 Å². The first kappa shape index (κ1) is 15.7. The Bertz CT molecular complexity index is 628. The van der Waals surface area contributed by atoms with Crippen molar-refractivity contribution in [3.05, 3.63) is 15.7 Å². The van der Waals surface area contributed by atoms with Crippen molar-refractivity contribution in [3.8, 4) is 0 Å². The van der Waals surface area contributed by atoms with E-state index in [2.05, 4.69) is 25.9 Å². The Balaban J connectivity index is 2.07. The van der Waals surface area contributed by atoms with Crippen LogP contribution in [0.2, 0.25) is 0 Å². The number of hydrogen-bond donors (Lipinski definition) is 0. The van der Waals surface area contributed by atoms with E-state index in [1.807, 2.05) is 26.8 Å². The molecule has 0 unspecified atom stereocenters. The van der Waals surface area contributed by atoms with Crippen LogP contribution in [0.15, 0.2) is 14.9 Å². The van der Waals surface area contributed by atoms with Crippen molar-refractivity contribution in [1.29, 1.82) is 0 Å². The monoisotopic (exact) mass is 374 g/mol. The first-order valence-electron chi connectivity index (χ1n) is 6.18. The van der Waals surface area contributed by atoms with E-state index < -0.39 is 0 Å². The molecule has 0 aromatic carbocycles. The third kappa shape index (κ3) is 4.17. The molecule has 0 bridgehead atoms. The zero-order chi connectivity index (χ0) is 14.7. The average molecular weight is 375 g/mol. The first-order valence-corrected chi connectivity index (χ1v) is 8.77. The van der Waals surface area contributed by atoms with Gasteiger partial charge in [0.15, 0.2) is 0 Å². The number of aryl methyl sites for hydroxylation is 1. The summed E-state index contributed by atoms with van der Waals surface area (Å²) in [5, 5.41) is 1.81. The fourth-order valence-corrected chi connectivity index (χ4v) is 3.91. The largest absolute Gasteiger partial charge is 0.465 e. The number of thiophene rings is 1. The molecular weight excluding hydrogens is 360 g/mol. The summed E-state index contributed by atoms with van der Waals surface area (Å²) in [5.74, 6) is 1.13. The predicted molar refractivity (Wildman–Crippen MR) is 86.4 cm³/mol. The van der Waals surface area contributed by atoms with Gasteiger partial charge in [0.25, 0.3) is 0 Å². The van der Waals surface area contributed by atoms with Gasteiger partial charge in [0.1, 0.15) is 15.7 Å². The lowest BCUT2D eigenvalue weighted by molar-refractivity contribution is -0.141. The molecule has 0 radical (unpaired) electrons. The summed E-state index contributed by atoms with van der Waals surface area (Å²) in [6.45, 7) is 6.34. The van der Waals surface area contributed by atoms with Gasteiger partial charge in [0.2, 0.25) is 0 Å². The van der Waals surface area contributed by atoms with E-state index in [9.17, 15) is 4.79 Å². The Morgan fingerprint density at radius 1 is 1.50 bits per heavy atom. The Labute approximate surface area is 134 Å². The van der Waals surface area contributed by atoms with Crippen LogP contribution < -0.4 is 0 Å². The number of esters is 1. The number of nitrogens with zero attached hydrogens (tertiary/aromatic N) is 2. The van der Waals surface area contributed by atoms with Crippen LogP contribution in [-0.4, -0.2) is 28.3 Å². The summed E-state index contributed by atoms with van der Waals surface area (Å²) in [5.41, 5.74) is 0. The van der Waals surface area contributed by atoms with Gasteiger partial charge in [-0.25, -0.2) is 9.97 Å². The zero-order valence-corrected chi connectivity index (χ0v) is 14.7. The molecule has 0 aliphatic rings. The first-order chi connectivity index (χ1) is 9.45. The summed E-state index contributed by atoms with van der Waals surface area (Å²) < 4.78 is 6.17. The number of carbonyl (C=O) groups excluding carboxylic acids is 1. The van der Waals surface area contributed by atoms with Crippen LogP contribution in [0.4, 0.5) is 0 Å². The van der Waals surface area contributed by atoms with Crippen LogP contribution in [0.3, 0.4) is 0 Å². The molecule has 108 valence electrons. The summed E-state index contributed by atoms with van der Waals surface area (Å²) in [6.07, 6.45) is 0. The van der Waals surface area contributed by atoms with Gasteiger partial charge in [-0.15, -0.1) is 11.3 Å². The van der Waals surface area contributed by atoms with Gasteiger partial charge < -0.3 is 4.74 Å². The number of hydrogen-bond acceptors (Lipinski definition) is 6. The van der Waals surface area contributed by atoms with Gasteiger partial charge in [-0.2, -0.15) is 0 Å². The van der Waals surface area contributed by atoms with Gasteiger partial charge in [-0.1, -0.05) is 25.6 Å². The average Bonchev–Trinajstić information content (AvgIpc) is 2.73. The number of carbonyl (C=O) groups is 1. The number of fused-ring (bicyclic) bond motifs is 1. The van der Waals surface area contributed by atoms with E-state index in [0.717, 1.165) is 19.0 Å². The van der Waals surface area contributed by atoms with Crippen LogP contribution in [0, 0.1) is 12.8 Å². The molecule has 0 saturated carbocycles. The van der Waals surface area contributed by atoms with Gasteiger partial charge in [0, 0.05) is 5.39 Å². The van der Waals surface area contributed by atoms with Crippen molar-refractivity contribution < 1.29 is 9.53 Å². The minimum absolute atomic E-state index is 0.206. The second kappa shape index (κ2) is 6.87. The second-order valence-electron chi connectivity index (χ2n) is 4.71. The molecule has 2 rings (SSSR count). The Morgan fingerprint density at radius 3 is 2.95 bits per heavy atom. The summed E-state index contributed by atoms with van der Waals surface area (Å²) >= 11 is 6.42. The number of thioether (sulfide) groups is 1. The van der Waals surface area contributed by atoms with Crippen molar-refractivity contribution >= 4 is 55.2 Å². The lowest BCUT2D eigenvalue weighted by atomic mass is 10.2. The Hall–Kier alpha value is -0.660. The SMILES string of the molecule is Cc1nc(SCC(=O)OCC(C)C)c2cc(Br)sc2n1. The normalized spacial score (nSPS) is 11.2. The quantitative estimate of drug-likeness (QED) is 0.448.